The highest BCUT2D eigenvalue weighted by Crippen LogP contribution is 2.39. The lowest BCUT2D eigenvalue weighted by atomic mass is 9.87. The molecular weight excluding hydrogens is 356 g/mol. The van der Waals surface area contributed by atoms with Crippen LogP contribution in [0, 0.1) is 0 Å². The zero-order chi connectivity index (χ0) is 20.0. The van der Waals surface area contributed by atoms with Gasteiger partial charge in [0.2, 0.25) is 5.71 Å². The fourth-order valence-corrected chi connectivity index (χ4v) is 3.83. The Morgan fingerprint density at radius 2 is 1.55 bits per heavy atom. The molecule has 3 heteroatoms. The Kier molecular flexibility index (Phi) is 3.99. The maximum Gasteiger partial charge on any atom is 0.227 e. The second-order valence-electron chi connectivity index (χ2n) is 8.37. The maximum absolute atomic E-state index is 6.27. The summed E-state index contributed by atoms with van der Waals surface area (Å²) in [7, 11) is 0. The first-order valence-electron chi connectivity index (χ1n) is 9.85. The number of benzene rings is 2. The molecule has 0 spiro atoms. The van der Waals surface area contributed by atoms with Crippen molar-refractivity contribution in [1.29, 1.82) is 0 Å². The van der Waals surface area contributed by atoms with Gasteiger partial charge < -0.3 is 4.42 Å². The number of furan rings is 1. The second kappa shape index (κ2) is 6.56. The first kappa shape index (κ1) is 17.6. The predicted molar refractivity (Wildman–Crippen MR) is 119 cm³/mol. The Morgan fingerprint density at radius 1 is 0.759 bits per heavy atom. The molecule has 2 aromatic carbocycles. The molecule has 29 heavy (non-hydrogen) atoms. The largest absolute Gasteiger partial charge is 0.437 e. The molecule has 3 heterocycles. The van der Waals surface area contributed by atoms with Crippen molar-refractivity contribution in [2.24, 2.45) is 0 Å². The summed E-state index contributed by atoms with van der Waals surface area (Å²) < 4.78 is 6.27. The van der Waals surface area contributed by atoms with E-state index in [1.54, 1.807) is 0 Å². The zero-order valence-corrected chi connectivity index (χ0v) is 16.8. The third kappa shape index (κ3) is 2.99. The highest BCUT2D eigenvalue weighted by Gasteiger charge is 2.19. The monoisotopic (exact) mass is 378 g/mol. The first-order valence-corrected chi connectivity index (χ1v) is 9.85. The van der Waals surface area contributed by atoms with Crippen LogP contribution in [0.1, 0.15) is 26.3 Å². The normalized spacial score (nSPS) is 12.0. The minimum absolute atomic E-state index is 0.0570. The van der Waals surface area contributed by atoms with E-state index < -0.39 is 0 Å². The lowest BCUT2D eigenvalue weighted by Gasteiger charge is -2.19. The molecule has 3 aromatic heterocycles. The molecule has 0 radical (unpaired) electrons. The van der Waals surface area contributed by atoms with Gasteiger partial charge in [0.25, 0.3) is 0 Å². The number of hydrogen-bond acceptors (Lipinski definition) is 3. The summed E-state index contributed by atoms with van der Waals surface area (Å²) in [6.45, 7) is 6.64. The van der Waals surface area contributed by atoms with Crippen LogP contribution >= 0.6 is 0 Å². The standard InChI is InChI=1S/C26H22N2O/c1-26(2,3)18-12-14-27-22(16-18)20-10-7-11-21-23-19(17-8-5-4-6-9-17)13-15-28-25(23)29-24(20)21/h4-16H,1-3H3. The van der Waals surface area contributed by atoms with E-state index in [1.807, 2.05) is 18.5 Å². The smallest absolute Gasteiger partial charge is 0.227 e. The van der Waals surface area contributed by atoms with Gasteiger partial charge in [-0.3, -0.25) is 4.98 Å². The van der Waals surface area contributed by atoms with Crippen molar-refractivity contribution in [1.82, 2.24) is 9.97 Å². The number of nitrogens with zero attached hydrogens (tertiary/aromatic N) is 2. The van der Waals surface area contributed by atoms with Crippen molar-refractivity contribution in [3.63, 3.8) is 0 Å². The van der Waals surface area contributed by atoms with E-state index in [-0.39, 0.29) is 5.41 Å². The molecular formula is C26H22N2O. The maximum atomic E-state index is 6.27. The minimum atomic E-state index is 0.0570. The number of pyridine rings is 2. The van der Waals surface area contributed by atoms with Gasteiger partial charge in [-0.1, -0.05) is 63.2 Å². The predicted octanol–water partition coefficient (Wildman–Crippen LogP) is 7.01. The Hall–Kier alpha value is -3.46. The Balaban J connectivity index is 1.79. The summed E-state index contributed by atoms with van der Waals surface area (Å²) in [4.78, 5) is 9.15. The van der Waals surface area contributed by atoms with Gasteiger partial charge in [0.15, 0.2) is 0 Å². The van der Waals surface area contributed by atoms with Crippen LogP contribution in [0.4, 0.5) is 0 Å². The van der Waals surface area contributed by atoms with Crippen molar-refractivity contribution in [2.45, 2.75) is 26.2 Å². The van der Waals surface area contributed by atoms with Gasteiger partial charge in [-0.05, 0) is 46.4 Å². The van der Waals surface area contributed by atoms with Gasteiger partial charge >= 0.3 is 0 Å². The number of fused-ring (bicyclic) bond motifs is 3. The first-order chi connectivity index (χ1) is 14.0. The van der Waals surface area contributed by atoms with Crippen LogP contribution in [0.15, 0.2) is 83.5 Å². The number of aromatic nitrogens is 2. The minimum Gasteiger partial charge on any atom is -0.437 e. The van der Waals surface area contributed by atoms with Crippen LogP contribution in [0.3, 0.4) is 0 Å². The summed E-state index contributed by atoms with van der Waals surface area (Å²) in [6, 6.07) is 22.9. The Labute approximate surface area is 170 Å². The fraction of sp³-hybridized carbons (Fsp3) is 0.154. The van der Waals surface area contributed by atoms with Gasteiger partial charge in [-0.25, -0.2) is 4.98 Å². The third-order valence-electron chi connectivity index (χ3n) is 5.39. The van der Waals surface area contributed by atoms with Crippen LogP contribution in [0.25, 0.3) is 44.5 Å². The van der Waals surface area contributed by atoms with E-state index in [0.717, 1.165) is 38.7 Å². The molecule has 0 amide bonds. The van der Waals surface area contributed by atoms with Crippen LogP contribution < -0.4 is 0 Å². The fourth-order valence-electron chi connectivity index (χ4n) is 3.83. The van der Waals surface area contributed by atoms with Crippen molar-refractivity contribution < 1.29 is 4.42 Å². The summed E-state index contributed by atoms with van der Waals surface area (Å²) in [6.07, 6.45) is 3.69. The molecule has 0 bridgehead atoms. The van der Waals surface area contributed by atoms with E-state index in [0.29, 0.717) is 5.71 Å². The molecule has 5 aromatic rings. The summed E-state index contributed by atoms with van der Waals surface area (Å²) in [5.41, 5.74) is 6.98. The van der Waals surface area contributed by atoms with E-state index in [9.17, 15) is 0 Å². The van der Waals surface area contributed by atoms with E-state index in [1.165, 1.54) is 5.56 Å². The molecule has 0 unspecified atom stereocenters. The quantitative estimate of drug-likeness (QED) is 0.332. The number of rotatable bonds is 2. The molecule has 0 aliphatic carbocycles. The highest BCUT2D eigenvalue weighted by atomic mass is 16.3. The molecule has 0 aliphatic rings. The average Bonchev–Trinajstić information content (AvgIpc) is 3.13. The van der Waals surface area contributed by atoms with Gasteiger partial charge in [0.05, 0.1) is 11.1 Å². The SMILES string of the molecule is CC(C)(C)c1ccnc(-c2cccc3c2oc2nccc(-c4ccccc4)c23)c1. The summed E-state index contributed by atoms with van der Waals surface area (Å²) in [5.74, 6) is 0. The second-order valence-corrected chi connectivity index (χ2v) is 8.37. The van der Waals surface area contributed by atoms with E-state index >= 15 is 0 Å². The molecule has 142 valence electrons. The third-order valence-corrected chi connectivity index (χ3v) is 5.39. The van der Waals surface area contributed by atoms with Crippen molar-refractivity contribution in [3.8, 4) is 22.4 Å². The van der Waals surface area contributed by atoms with Crippen LogP contribution in [-0.4, -0.2) is 9.97 Å². The molecule has 0 aliphatic heterocycles. The number of para-hydroxylation sites is 1. The molecule has 0 saturated heterocycles. The van der Waals surface area contributed by atoms with Gasteiger partial charge in [0.1, 0.15) is 5.58 Å². The molecule has 0 atom stereocenters. The Morgan fingerprint density at radius 3 is 2.34 bits per heavy atom. The summed E-state index contributed by atoms with van der Waals surface area (Å²) >= 11 is 0. The zero-order valence-electron chi connectivity index (χ0n) is 16.8. The number of hydrogen-bond donors (Lipinski definition) is 0. The van der Waals surface area contributed by atoms with Crippen LogP contribution in [0.2, 0.25) is 0 Å². The Bertz CT molecular complexity index is 1330. The van der Waals surface area contributed by atoms with Crippen molar-refractivity contribution >= 4 is 22.1 Å². The van der Waals surface area contributed by atoms with Gasteiger partial charge in [-0.2, -0.15) is 0 Å². The van der Waals surface area contributed by atoms with E-state index in [2.05, 4.69) is 91.4 Å². The molecule has 5 rings (SSSR count). The van der Waals surface area contributed by atoms with Crippen LogP contribution in [-0.2, 0) is 5.41 Å². The lowest BCUT2D eigenvalue weighted by Crippen LogP contribution is -2.11. The van der Waals surface area contributed by atoms with Crippen molar-refractivity contribution in [3.05, 3.63) is 84.7 Å². The lowest BCUT2D eigenvalue weighted by molar-refractivity contribution is 0.589. The average molecular weight is 378 g/mol. The van der Waals surface area contributed by atoms with Crippen LogP contribution in [0.5, 0.6) is 0 Å². The highest BCUT2D eigenvalue weighted by molar-refractivity contribution is 6.14. The molecule has 3 nitrogen and oxygen atoms in total. The topological polar surface area (TPSA) is 38.9 Å². The summed E-state index contributed by atoms with van der Waals surface area (Å²) in [5, 5.41) is 2.11. The molecule has 0 saturated carbocycles. The van der Waals surface area contributed by atoms with Gasteiger partial charge in [-0.15, -0.1) is 0 Å². The van der Waals surface area contributed by atoms with Crippen molar-refractivity contribution in [2.75, 3.05) is 0 Å². The molecule has 0 fully saturated rings. The van der Waals surface area contributed by atoms with E-state index in [4.69, 9.17) is 4.42 Å². The molecule has 0 N–H and O–H groups in total. The van der Waals surface area contributed by atoms with Gasteiger partial charge in [0, 0.05) is 23.3 Å².